The highest BCUT2D eigenvalue weighted by Crippen LogP contribution is 2.18. The van der Waals surface area contributed by atoms with Crippen LogP contribution >= 0.6 is 0 Å². The Hall–Kier alpha value is -1.31. The second-order valence-electron chi connectivity index (χ2n) is 3.60. The highest BCUT2D eigenvalue weighted by Gasteiger charge is 2.01. The molecule has 2 N–H and O–H groups in total. The van der Waals surface area contributed by atoms with Crippen LogP contribution in [0.25, 0.3) is 6.08 Å². The number of pyridine rings is 1. The van der Waals surface area contributed by atoms with Crippen molar-refractivity contribution in [2.45, 2.75) is 27.7 Å². The van der Waals surface area contributed by atoms with Gasteiger partial charge in [0.2, 0.25) is 0 Å². The Morgan fingerprint density at radius 1 is 1.38 bits per heavy atom. The zero-order valence-electron chi connectivity index (χ0n) is 8.68. The van der Waals surface area contributed by atoms with Gasteiger partial charge in [0.25, 0.3) is 0 Å². The molecular weight excluding hydrogens is 160 g/mol. The fraction of sp³-hybridized carbons (Fsp3) is 0.364. The minimum absolute atomic E-state index is 0.784. The molecule has 1 rings (SSSR count). The summed E-state index contributed by atoms with van der Waals surface area (Å²) in [6.45, 7) is 8.07. The van der Waals surface area contributed by atoms with E-state index in [2.05, 4.69) is 4.98 Å². The molecule has 2 nitrogen and oxygen atoms in total. The lowest BCUT2D eigenvalue weighted by atomic mass is 10.1. The molecule has 0 bridgehead atoms. The van der Waals surface area contributed by atoms with Gasteiger partial charge in [0.05, 0.1) is 11.4 Å². The van der Waals surface area contributed by atoms with E-state index in [9.17, 15) is 0 Å². The van der Waals surface area contributed by atoms with Gasteiger partial charge in [-0.2, -0.15) is 0 Å². The third-order valence-corrected chi connectivity index (χ3v) is 1.85. The van der Waals surface area contributed by atoms with Crippen molar-refractivity contribution in [1.29, 1.82) is 0 Å². The molecule has 70 valence electrons. The molecule has 13 heavy (non-hydrogen) atoms. The predicted molar refractivity (Wildman–Crippen MR) is 57.4 cm³/mol. The van der Waals surface area contributed by atoms with Gasteiger partial charge >= 0.3 is 0 Å². The van der Waals surface area contributed by atoms with E-state index in [1.165, 1.54) is 5.57 Å². The van der Waals surface area contributed by atoms with Crippen molar-refractivity contribution >= 4 is 11.8 Å². The molecule has 1 aromatic rings. The van der Waals surface area contributed by atoms with E-state index in [0.29, 0.717) is 0 Å². The van der Waals surface area contributed by atoms with Crippen LogP contribution < -0.4 is 5.73 Å². The SMILES string of the molecule is CC(C)=Cc1nc(C)cc(C)c1N. The summed E-state index contributed by atoms with van der Waals surface area (Å²) in [7, 11) is 0. The van der Waals surface area contributed by atoms with Crippen LogP contribution in [0.1, 0.15) is 30.8 Å². The highest BCUT2D eigenvalue weighted by molar-refractivity contribution is 5.65. The van der Waals surface area contributed by atoms with Gasteiger partial charge in [0, 0.05) is 5.69 Å². The number of nitrogen functional groups attached to an aromatic ring is 1. The fourth-order valence-corrected chi connectivity index (χ4v) is 1.26. The van der Waals surface area contributed by atoms with Crippen LogP contribution in [0.4, 0.5) is 5.69 Å². The smallest absolute Gasteiger partial charge is 0.0864 e. The van der Waals surface area contributed by atoms with E-state index < -0.39 is 0 Å². The van der Waals surface area contributed by atoms with E-state index >= 15 is 0 Å². The van der Waals surface area contributed by atoms with Crippen LogP contribution in [0.3, 0.4) is 0 Å². The normalized spacial score (nSPS) is 9.85. The van der Waals surface area contributed by atoms with Gasteiger partial charge in [0.15, 0.2) is 0 Å². The van der Waals surface area contributed by atoms with Crippen molar-refractivity contribution in [1.82, 2.24) is 4.98 Å². The van der Waals surface area contributed by atoms with Crippen LogP contribution in [0.2, 0.25) is 0 Å². The van der Waals surface area contributed by atoms with Gasteiger partial charge in [0.1, 0.15) is 0 Å². The third-order valence-electron chi connectivity index (χ3n) is 1.85. The molecule has 0 spiro atoms. The van der Waals surface area contributed by atoms with Crippen molar-refractivity contribution in [3.8, 4) is 0 Å². The minimum atomic E-state index is 0.784. The lowest BCUT2D eigenvalue weighted by molar-refractivity contribution is 1.16. The Labute approximate surface area is 79.5 Å². The highest BCUT2D eigenvalue weighted by atomic mass is 14.7. The van der Waals surface area contributed by atoms with E-state index in [4.69, 9.17) is 5.73 Å². The summed E-state index contributed by atoms with van der Waals surface area (Å²) in [5, 5.41) is 0. The van der Waals surface area contributed by atoms with Gasteiger partial charge in [-0.05, 0) is 45.4 Å². The summed E-state index contributed by atoms with van der Waals surface area (Å²) in [6, 6.07) is 2.00. The van der Waals surface area contributed by atoms with Crippen LogP contribution in [0.15, 0.2) is 11.6 Å². The van der Waals surface area contributed by atoms with Gasteiger partial charge in [-0.3, -0.25) is 4.98 Å². The molecule has 0 saturated carbocycles. The van der Waals surface area contributed by atoms with Crippen molar-refractivity contribution in [2.75, 3.05) is 5.73 Å². The molecule has 0 saturated heterocycles. The van der Waals surface area contributed by atoms with Crippen LogP contribution in [0, 0.1) is 13.8 Å². The second-order valence-corrected chi connectivity index (χ2v) is 3.60. The van der Waals surface area contributed by atoms with Crippen molar-refractivity contribution in [2.24, 2.45) is 0 Å². The summed E-state index contributed by atoms with van der Waals surface area (Å²) in [5.41, 5.74) is 10.9. The first-order valence-corrected chi connectivity index (χ1v) is 4.39. The molecule has 2 heteroatoms. The van der Waals surface area contributed by atoms with Crippen LogP contribution in [-0.4, -0.2) is 4.98 Å². The summed E-state index contributed by atoms with van der Waals surface area (Å²) in [5.74, 6) is 0. The topological polar surface area (TPSA) is 38.9 Å². The van der Waals surface area contributed by atoms with Gasteiger partial charge in [-0.15, -0.1) is 0 Å². The van der Waals surface area contributed by atoms with Crippen LogP contribution in [-0.2, 0) is 0 Å². The number of aromatic nitrogens is 1. The number of nitrogens with zero attached hydrogens (tertiary/aromatic N) is 1. The minimum Gasteiger partial charge on any atom is -0.397 e. The Bertz CT molecular complexity index is 347. The third kappa shape index (κ3) is 2.31. The van der Waals surface area contributed by atoms with E-state index in [-0.39, 0.29) is 0 Å². The number of hydrogen-bond donors (Lipinski definition) is 1. The molecule has 0 aromatic carbocycles. The predicted octanol–water partition coefficient (Wildman–Crippen LogP) is 2.70. The van der Waals surface area contributed by atoms with Crippen molar-refractivity contribution in [3.05, 3.63) is 28.6 Å². The number of aryl methyl sites for hydroxylation is 2. The molecule has 0 unspecified atom stereocenters. The first-order chi connectivity index (χ1) is 6.00. The van der Waals surface area contributed by atoms with Crippen LogP contribution in [0.5, 0.6) is 0 Å². The largest absolute Gasteiger partial charge is 0.397 e. The number of allylic oxidation sites excluding steroid dienone is 1. The first kappa shape index (κ1) is 9.78. The average Bonchev–Trinajstić information content (AvgIpc) is 1.98. The lowest BCUT2D eigenvalue weighted by Crippen LogP contribution is -1.98. The molecule has 0 aliphatic heterocycles. The zero-order valence-corrected chi connectivity index (χ0v) is 8.68. The molecule has 0 amide bonds. The molecule has 1 heterocycles. The molecule has 0 aliphatic rings. The van der Waals surface area contributed by atoms with E-state index in [0.717, 1.165) is 22.6 Å². The first-order valence-electron chi connectivity index (χ1n) is 4.39. The molecule has 0 atom stereocenters. The average molecular weight is 176 g/mol. The van der Waals surface area contributed by atoms with Crippen molar-refractivity contribution in [3.63, 3.8) is 0 Å². The van der Waals surface area contributed by atoms with Gasteiger partial charge < -0.3 is 5.73 Å². The van der Waals surface area contributed by atoms with Gasteiger partial charge in [-0.25, -0.2) is 0 Å². The number of hydrogen-bond acceptors (Lipinski definition) is 2. The molecule has 0 fully saturated rings. The molecule has 0 aliphatic carbocycles. The summed E-state index contributed by atoms with van der Waals surface area (Å²) < 4.78 is 0. The van der Waals surface area contributed by atoms with Crippen molar-refractivity contribution < 1.29 is 0 Å². The quantitative estimate of drug-likeness (QED) is 0.714. The Morgan fingerprint density at radius 3 is 2.54 bits per heavy atom. The molecular formula is C11H16N2. The van der Waals surface area contributed by atoms with E-state index in [1.807, 2.05) is 39.8 Å². The number of nitrogens with two attached hydrogens (primary N) is 1. The second kappa shape index (κ2) is 3.60. The maximum Gasteiger partial charge on any atom is 0.0864 e. The molecule has 0 radical (unpaired) electrons. The zero-order chi connectivity index (χ0) is 10.0. The lowest BCUT2D eigenvalue weighted by Gasteiger charge is -2.05. The summed E-state index contributed by atoms with van der Waals surface area (Å²) in [6.07, 6.45) is 2.01. The maximum atomic E-state index is 5.89. The monoisotopic (exact) mass is 176 g/mol. The fourth-order valence-electron chi connectivity index (χ4n) is 1.26. The van der Waals surface area contributed by atoms with E-state index in [1.54, 1.807) is 0 Å². The standard InChI is InChI=1S/C11H16N2/c1-7(2)5-10-11(12)8(3)6-9(4)13-10/h5-6H,12H2,1-4H3. The molecule has 1 aromatic heterocycles. The Morgan fingerprint density at radius 2 is 2.00 bits per heavy atom. The summed E-state index contributed by atoms with van der Waals surface area (Å²) in [4.78, 5) is 4.37. The van der Waals surface area contributed by atoms with Gasteiger partial charge in [-0.1, -0.05) is 5.57 Å². The maximum absolute atomic E-state index is 5.89. The number of rotatable bonds is 1. The summed E-state index contributed by atoms with van der Waals surface area (Å²) >= 11 is 0. The Kier molecular flexibility index (Phi) is 2.71. The number of anilines is 1. The Balaban J connectivity index is 3.28.